The largest absolute Gasteiger partial charge is 0.326 e. The first kappa shape index (κ1) is 17.7. The van der Waals surface area contributed by atoms with E-state index in [0.29, 0.717) is 1.93 Å². The van der Waals surface area contributed by atoms with Crippen molar-refractivity contribution in [3.05, 3.63) is 29.8 Å². The second-order valence-electron chi connectivity index (χ2n) is 4.15. The van der Waals surface area contributed by atoms with Crippen LogP contribution in [0.5, 0.6) is 0 Å². The van der Waals surface area contributed by atoms with Crippen LogP contribution in [0.25, 0.3) is 0 Å². The first-order chi connectivity index (χ1) is 8.25. The van der Waals surface area contributed by atoms with E-state index in [0.717, 1.165) is 5.69 Å². The van der Waals surface area contributed by atoms with Crippen molar-refractivity contribution >= 4 is 102 Å². The van der Waals surface area contributed by atoms with Gasteiger partial charge in [-0.1, -0.05) is 116 Å². The summed E-state index contributed by atoms with van der Waals surface area (Å²) in [5.41, 5.74) is 2.09. The Labute approximate surface area is 162 Å². The van der Waals surface area contributed by atoms with Crippen molar-refractivity contribution in [3.63, 3.8) is 0 Å². The van der Waals surface area contributed by atoms with Gasteiger partial charge in [0.15, 0.2) is 0 Å². The quantitative estimate of drug-likeness (QED) is 0.328. The van der Waals surface area contributed by atoms with E-state index in [2.05, 4.69) is 108 Å². The van der Waals surface area contributed by atoms with Crippen LogP contribution in [0.1, 0.15) is 19.4 Å². The molecule has 1 aromatic rings. The molecule has 0 atom stereocenters. The van der Waals surface area contributed by atoms with Crippen molar-refractivity contribution in [3.8, 4) is 0 Å². The summed E-state index contributed by atoms with van der Waals surface area (Å²) in [7, 11) is 0. The number of benzene rings is 1. The van der Waals surface area contributed by atoms with Gasteiger partial charge in [0.05, 0.1) is 1.93 Å². The number of nitrogens with one attached hydrogen (secondary N) is 1. The van der Waals surface area contributed by atoms with Crippen LogP contribution in [0.15, 0.2) is 24.3 Å². The Bertz CT molecular complexity index is 432. The lowest BCUT2D eigenvalue weighted by Crippen LogP contribution is -2.19. The molecule has 1 aromatic carbocycles. The number of carbonyl (C=O) groups excluding carboxylic acids is 1. The van der Waals surface area contributed by atoms with Gasteiger partial charge < -0.3 is 5.32 Å². The van der Waals surface area contributed by atoms with Crippen molar-refractivity contribution < 1.29 is 4.79 Å². The minimum absolute atomic E-state index is 0.000449. The number of amides is 1. The Balaban J connectivity index is 2.96. The van der Waals surface area contributed by atoms with Gasteiger partial charge in [0.2, 0.25) is 5.91 Å². The molecule has 18 heavy (non-hydrogen) atoms. The highest BCUT2D eigenvalue weighted by atomic mass is 127. The van der Waals surface area contributed by atoms with Crippen LogP contribution in [-0.2, 0) is 6.22 Å². The standard InChI is InChI=1S/C12H13I4NO/c1-7(2)10(18)17-9-5-3-4-8(6-9)12(15,16)11(13)14/h3-7,11H,1-2H3,(H,17,18). The Morgan fingerprint density at radius 2 is 1.89 bits per heavy atom. The molecule has 0 aliphatic rings. The normalized spacial score (nSPS) is 12.0. The number of anilines is 1. The monoisotopic (exact) mass is 695 g/mol. The molecule has 0 radical (unpaired) electrons. The van der Waals surface area contributed by atoms with E-state index in [1.807, 2.05) is 26.0 Å². The first-order valence-electron chi connectivity index (χ1n) is 5.32. The maximum atomic E-state index is 11.7. The molecule has 2 nitrogen and oxygen atoms in total. The predicted octanol–water partition coefficient (Wildman–Crippen LogP) is 5.50. The maximum Gasteiger partial charge on any atom is 0.226 e. The van der Waals surface area contributed by atoms with Crippen LogP contribution >= 0.6 is 90.4 Å². The Morgan fingerprint density at radius 3 is 2.39 bits per heavy atom. The summed E-state index contributed by atoms with van der Waals surface area (Å²) in [6.45, 7) is 3.79. The molecule has 0 saturated heterocycles. The van der Waals surface area contributed by atoms with E-state index < -0.39 is 0 Å². The van der Waals surface area contributed by atoms with Crippen LogP contribution < -0.4 is 5.32 Å². The summed E-state index contributed by atoms with van der Waals surface area (Å²) < 4.78 is 0.486. The summed E-state index contributed by atoms with van der Waals surface area (Å²) in [6.07, 6.45) is 0. The van der Waals surface area contributed by atoms with E-state index in [1.165, 1.54) is 5.56 Å². The molecule has 0 unspecified atom stereocenters. The topological polar surface area (TPSA) is 29.1 Å². The fourth-order valence-corrected chi connectivity index (χ4v) is 2.61. The molecule has 0 aliphatic heterocycles. The van der Waals surface area contributed by atoms with Crippen molar-refractivity contribution in [2.75, 3.05) is 5.32 Å². The highest BCUT2D eigenvalue weighted by molar-refractivity contribution is 14.2. The third-order valence-electron chi connectivity index (χ3n) is 2.31. The Kier molecular flexibility index (Phi) is 7.43. The Hall–Kier alpha value is 1.61. The lowest BCUT2D eigenvalue weighted by molar-refractivity contribution is -0.118. The summed E-state index contributed by atoms with van der Waals surface area (Å²) in [6, 6.07) is 8.09. The number of alkyl halides is 4. The fourth-order valence-electron chi connectivity index (χ4n) is 1.22. The zero-order chi connectivity index (χ0) is 13.9. The fraction of sp³-hybridized carbons (Fsp3) is 0.417. The number of rotatable bonds is 4. The Morgan fingerprint density at radius 1 is 1.28 bits per heavy atom. The lowest BCUT2D eigenvalue weighted by Gasteiger charge is -2.23. The van der Waals surface area contributed by atoms with Crippen LogP contribution in [0.2, 0.25) is 0 Å². The van der Waals surface area contributed by atoms with Crippen LogP contribution in [0, 0.1) is 5.92 Å². The molecular formula is C12H13I4NO. The summed E-state index contributed by atoms with van der Waals surface area (Å²) in [4.78, 5) is 11.7. The molecule has 0 spiro atoms. The van der Waals surface area contributed by atoms with Crippen molar-refractivity contribution in [1.29, 1.82) is 0 Å². The highest BCUT2D eigenvalue weighted by Crippen LogP contribution is 2.49. The van der Waals surface area contributed by atoms with Crippen LogP contribution in [-0.4, -0.2) is 7.84 Å². The van der Waals surface area contributed by atoms with E-state index in [4.69, 9.17) is 0 Å². The summed E-state index contributed by atoms with van der Waals surface area (Å²) in [5.74, 6) is 0.0553. The average molecular weight is 695 g/mol. The minimum Gasteiger partial charge on any atom is -0.326 e. The van der Waals surface area contributed by atoms with Crippen molar-refractivity contribution in [2.45, 2.75) is 17.2 Å². The van der Waals surface area contributed by atoms with Gasteiger partial charge in [-0.15, -0.1) is 0 Å². The molecule has 1 amide bonds. The van der Waals surface area contributed by atoms with E-state index in [1.54, 1.807) is 0 Å². The number of carbonyl (C=O) groups is 1. The molecule has 1 rings (SSSR count). The number of halogens is 4. The molecule has 1 N–H and O–H groups in total. The number of hydrogen-bond donors (Lipinski definition) is 1. The zero-order valence-corrected chi connectivity index (χ0v) is 18.5. The smallest absolute Gasteiger partial charge is 0.226 e. The molecule has 0 saturated carbocycles. The van der Waals surface area contributed by atoms with Crippen LogP contribution in [0.3, 0.4) is 0 Å². The van der Waals surface area contributed by atoms with Crippen LogP contribution in [0.4, 0.5) is 5.69 Å². The van der Waals surface area contributed by atoms with Gasteiger partial charge in [0.25, 0.3) is 0 Å². The predicted molar refractivity (Wildman–Crippen MR) is 111 cm³/mol. The van der Waals surface area contributed by atoms with Crippen molar-refractivity contribution in [2.24, 2.45) is 5.92 Å². The third kappa shape index (κ3) is 4.86. The molecule has 0 aromatic heterocycles. The van der Waals surface area contributed by atoms with E-state index in [9.17, 15) is 4.79 Å². The van der Waals surface area contributed by atoms with Crippen molar-refractivity contribution in [1.82, 2.24) is 0 Å². The zero-order valence-electron chi connectivity index (χ0n) is 9.88. The second kappa shape index (κ2) is 7.57. The van der Waals surface area contributed by atoms with Gasteiger partial charge in [-0.25, -0.2) is 0 Å². The van der Waals surface area contributed by atoms with Gasteiger partial charge in [-0.05, 0) is 17.7 Å². The second-order valence-corrected chi connectivity index (χ2v) is 14.5. The molecule has 0 fully saturated rings. The molecule has 100 valence electrons. The summed E-state index contributed by atoms with van der Waals surface area (Å²) >= 11 is 9.75. The van der Waals surface area contributed by atoms with Gasteiger partial charge >= 0.3 is 0 Å². The minimum atomic E-state index is -0.000449. The molecule has 6 heteroatoms. The van der Waals surface area contributed by atoms with Gasteiger partial charge in [-0.2, -0.15) is 0 Å². The van der Waals surface area contributed by atoms with Gasteiger partial charge in [-0.3, -0.25) is 4.79 Å². The molecule has 0 heterocycles. The van der Waals surface area contributed by atoms with Gasteiger partial charge in [0.1, 0.15) is 1.43 Å². The highest BCUT2D eigenvalue weighted by Gasteiger charge is 2.31. The summed E-state index contributed by atoms with van der Waals surface area (Å²) in [5, 5.41) is 2.94. The van der Waals surface area contributed by atoms with Gasteiger partial charge in [0, 0.05) is 11.6 Å². The number of hydrogen-bond acceptors (Lipinski definition) is 1. The first-order valence-corrected chi connectivity index (χ1v) is 9.97. The molecule has 0 bridgehead atoms. The average Bonchev–Trinajstić information content (AvgIpc) is 2.28. The van der Waals surface area contributed by atoms with E-state index in [-0.39, 0.29) is 13.3 Å². The SMILES string of the molecule is CC(C)C(=O)Nc1cccc(C(I)(I)C(I)I)c1. The lowest BCUT2D eigenvalue weighted by atomic mass is 10.1. The maximum absolute atomic E-state index is 11.7. The molecular weight excluding hydrogens is 682 g/mol. The molecule has 0 aliphatic carbocycles. The van der Waals surface area contributed by atoms with E-state index >= 15 is 0 Å². The third-order valence-corrected chi connectivity index (χ3v) is 11.4.